The molecule has 0 fully saturated rings. The Morgan fingerprint density at radius 1 is 1.00 bits per heavy atom. The van der Waals surface area contributed by atoms with Crippen LogP contribution >= 0.6 is 0 Å². The number of aromatic nitrogens is 4. The minimum Gasteiger partial charge on any atom is -0.325 e. The van der Waals surface area contributed by atoms with Crippen molar-refractivity contribution < 1.29 is 4.79 Å². The summed E-state index contributed by atoms with van der Waals surface area (Å²) in [6, 6.07) is 15.2. The normalized spacial score (nSPS) is 11.4. The number of carbonyl (C=O) groups excluding carboxylic acids is 1. The maximum Gasteiger partial charge on any atom is 0.333 e. The number of aryl methyl sites for hydroxylation is 3. The van der Waals surface area contributed by atoms with Gasteiger partial charge in [-0.05, 0) is 43.4 Å². The van der Waals surface area contributed by atoms with Gasteiger partial charge in [0.2, 0.25) is 0 Å². The Balaban J connectivity index is 1.87. The summed E-state index contributed by atoms with van der Waals surface area (Å²) >= 11 is 0. The first-order valence-corrected chi connectivity index (χ1v) is 11.6. The van der Waals surface area contributed by atoms with Gasteiger partial charge in [0, 0.05) is 12.1 Å². The molecule has 0 bridgehead atoms. The number of imidazole rings is 1. The van der Waals surface area contributed by atoms with Crippen molar-refractivity contribution in [2.24, 2.45) is 5.92 Å². The second kappa shape index (κ2) is 9.63. The highest BCUT2D eigenvalue weighted by molar-refractivity contribution is 5.97. The minimum atomic E-state index is -0.533. The Morgan fingerprint density at radius 2 is 1.74 bits per heavy atom. The molecule has 0 unspecified atom stereocenters. The van der Waals surface area contributed by atoms with Crippen molar-refractivity contribution >= 4 is 16.9 Å². The predicted molar refractivity (Wildman–Crippen MR) is 133 cm³/mol. The first-order chi connectivity index (χ1) is 16.3. The summed E-state index contributed by atoms with van der Waals surface area (Å²) in [6.07, 6.45) is 2.48. The van der Waals surface area contributed by atoms with Crippen molar-refractivity contribution in [3.05, 3.63) is 98.0 Å². The highest BCUT2D eigenvalue weighted by Gasteiger charge is 2.21. The SMILES string of the molecule is Cc1ccc(C)c(C(=O)Cn2c(=O)c3c(ncn3CCC(C)C)n(Cc3ccccc3)c2=O)c1. The third kappa shape index (κ3) is 4.64. The molecular formula is C27H30N4O3. The van der Waals surface area contributed by atoms with E-state index in [1.54, 1.807) is 17.0 Å². The summed E-state index contributed by atoms with van der Waals surface area (Å²) in [5, 5.41) is 0. The number of hydrogen-bond acceptors (Lipinski definition) is 4. The van der Waals surface area contributed by atoms with E-state index in [9.17, 15) is 14.4 Å². The molecule has 2 heterocycles. The van der Waals surface area contributed by atoms with Gasteiger partial charge >= 0.3 is 5.69 Å². The molecule has 4 rings (SSSR count). The van der Waals surface area contributed by atoms with Crippen molar-refractivity contribution in [3.63, 3.8) is 0 Å². The van der Waals surface area contributed by atoms with Gasteiger partial charge in [0.15, 0.2) is 16.9 Å². The Hall–Kier alpha value is -3.74. The third-order valence-corrected chi connectivity index (χ3v) is 6.11. The van der Waals surface area contributed by atoms with Gasteiger partial charge < -0.3 is 4.57 Å². The van der Waals surface area contributed by atoms with E-state index in [1.807, 2.05) is 56.3 Å². The standard InChI is InChI=1S/C27H30N4O3/c1-18(2)12-13-29-17-28-25-24(29)26(33)31(16-23(32)22-14-19(3)10-11-20(22)4)27(34)30(25)15-21-8-6-5-7-9-21/h5-11,14,17-18H,12-13,15-16H2,1-4H3. The number of nitrogens with zero attached hydrogens (tertiary/aromatic N) is 4. The van der Waals surface area contributed by atoms with Crippen molar-refractivity contribution in [1.29, 1.82) is 0 Å². The second-order valence-electron chi connectivity index (χ2n) is 9.28. The van der Waals surface area contributed by atoms with E-state index in [1.165, 1.54) is 4.57 Å². The van der Waals surface area contributed by atoms with E-state index < -0.39 is 11.2 Å². The summed E-state index contributed by atoms with van der Waals surface area (Å²) < 4.78 is 4.36. The number of rotatable bonds is 8. The van der Waals surface area contributed by atoms with Crippen LogP contribution in [0.4, 0.5) is 0 Å². The van der Waals surface area contributed by atoms with Crippen molar-refractivity contribution in [1.82, 2.24) is 18.7 Å². The summed E-state index contributed by atoms with van der Waals surface area (Å²) in [5.41, 5.74) is 2.88. The number of carbonyl (C=O) groups is 1. The van der Waals surface area contributed by atoms with E-state index in [0.29, 0.717) is 29.2 Å². The lowest BCUT2D eigenvalue weighted by molar-refractivity contribution is 0.0968. The Bertz CT molecular complexity index is 1460. The van der Waals surface area contributed by atoms with Crippen LogP contribution in [0.5, 0.6) is 0 Å². The van der Waals surface area contributed by atoms with Crippen LogP contribution in [0.15, 0.2) is 64.4 Å². The van der Waals surface area contributed by atoms with E-state index in [0.717, 1.165) is 27.7 Å². The predicted octanol–water partition coefficient (Wildman–Crippen LogP) is 3.95. The van der Waals surface area contributed by atoms with Crippen molar-refractivity contribution in [2.75, 3.05) is 0 Å². The molecule has 0 aliphatic heterocycles. The Labute approximate surface area is 198 Å². The van der Waals surface area contributed by atoms with E-state index in [-0.39, 0.29) is 18.9 Å². The monoisotopic (exact) mass is 458 g/mol. The minimum absolute atomic E-state index is 0.259. The van der Waals surface area contributed by atoms with Gasteiger partial charge in [-0.25, -0.2) is 9.78 Å². The number of ketones is 1. The Morgan fingerprint density at radius 3 is 2.44 bits per heavy atom. The lowest BCUT2D eigenvalue weighted by Crippen LogP contribution is -2.42. The molecule has 0 atom stereocenters. The van der Waals surface area contributed by atoms with Crippen LogP contribution in [-0.4, -0.2) is 24.5 Å². The molecule has 2 aromatic heterocycles. The smallest absolute Gasteiger partial charge is 0.325 e. The molecule has 4 aromatic rings. The molecule has 7 nitrogen and oxygen atoms in total. The average molecular weight is 459 g/mol. The van der Waals surface area contributed by atoms with Crippen LogP contribution in [0.2, 0.25) is 0 Å². The van der Waals surface area contributed by atoms with E-state index in [2.05, 4.69) is 18.8 Å². The van der Waals surface area contributed by atoms with Crippen molar-refractivity contribution in [2.45, 2.75) is 53.8 Å². The van der Waals surface area contributed by atoms with Gasteiger partial charge in [-0.1, -0.05) is 61.9 Å². The Kier molecular flexibility index (Phi) is 6.63. The van der Waals surface area contributed by atoms with Crippen LogP contribution in [0.3, 0.4) is 0 Å². The fourth-order valence-corrected chi connectivity index (χ4v) is 4.12. The maximum atomic E-state index is 13.5. The summed E-state index contributed by atoms with van der Waals surface area (Å²) in [7, 11) is 0. The molecule has 0 N–H and O–H groups in total. The number of hydrogen-bond donors (Lipinski definition) is 0. The lowest BCUT2D eigenvalue weighted by atomic mass is 10.0. The molecule has 0 spiro atoms. The second-order valence-corrected chi connectivity index (χ2v) is 9.28. The zero-order valence-corrected chi connectivity index (χ0v) is 20.1. The van der Waals surface area contributed by atoms with Crippen LogP contribution in [0.25, 0.3) is 11.2 Å². The van der Waals surface area contributed by atoms with Crippen LogP contribution in [-0.2, 0) is 19.6 Å². The number of fused-ring (bicyclic) bond motifs is 1. The van der Waals surface area contributed by atoms with Crippen LogP contribution in [0, 0.1) is 19.8 Å². The van der Waals surface area contributed by atoms with E-state index in [4.69, 9.17) is 0 Å². The zero-order valence-electron chi connectivity index (χ0n) is 20.1. The summed E-state index contributed by atoms with van der Waals surface area (Å²) in [5.74, 6) is 0.181. The van der Waals surface area contributed by atoms with Crippen LogP contribution in [0.1, 0.15) is 47.3 Å². The molecule has 2 aromatic carbocycles. The highest BCUT2D eigenvalue weighted by Crippen LogP contribution is 2.14. The van der Waals surface area contributed by atoms with Gasteiger partial charge in [-0.15, -0.1) is 0 Å². The lowest BCUT2D eigenvalue weighted by Gasteiger charge is -2.14. The van der Waals surface area contributed by atoms with Gasteiger partial charge in [0.25, 0.3) is 5.56 Å². The summed E-state index contributed by atoms with van der Waals surface area (Å²) in [6.45, 7) is 8.55. The molecule has 0 amide bonds. The highest BCUT2D eigenvalue weighted by atomic mass is 16.2. The topological polar surface area (TPSA) is 78.9 Å². The number of benzene rings is 2. The average Bonchev–Trinajstić information content (AvgIpc) is 3.24. The molecule has 176 valence electrons. The fourth-order valence-electron chi connectivity index (χ4n) is 4.12. The molecule has 7 heteroatoms. The quantitative estimate of drug-likeness (QED) is 0.375. The molecule has 0 radical (unpaired) electrons. The van der Waals surface area contributed by atoms with Gasteiger partial charge in [0.1, 0.15) is 0 Å². The van der Waals surface area contributed by atoms with E-state index >= 15 is 0 Å². The molecule has 0 aliphatic rings. The van der Waals surface area contributed by atoms with Gasteiger partial charge in [-0.3, -0.25) is 18.7 Å². The zero-order chi connectivity index (χ0) is 24.4. The summed E-state index contributed by atoms with van der Waals surface area (Å²) in [4.78, 5) is 44.7. The third-order valence-electron chi connectivity index (χ3n) is 6.11. The molecule has 0 aliphatic carbocycles. The first kappa shape index (κ1) is 23.4. The van der Waals surface area contributed by atoms with Crippen molar-refractivity contribution in [3.8, 4) is 0 Å². The molecule has 0 saturated heterocycles. The number of Topliss-reactive ketones (excluding diaryl/α,β-unsaturated/α-hetero) is 1. The first-order valence-electron chi connectivity index (χ1n) is 11.6. The molecular weight excluding hydrogens is 428 g/mol. The van der Waals surface area contributed by atoms with Gasteiger partial charge in [-0.2, -0.15) is 0 Å². The van der Waals surface area contributed by atoms with Gasteiger partial charge in [0.05, 0.1) is 19.4 Å². The largest absolute Gasteiger partial charge is 0.333 e. The maximum absolute atomic E-state index is 13.5. The fraction of sp³-hybridized carbons (Fsp3) is 0.333. The van der Waals surface area contributed by atoms with Crippen LogP contribution < -0.4 is 11.2 Å². The molecule has 34 heavy (non-hydrogen) atoms. The molecule has 0 saturated carbocycles.